The van der Waals surface area contributed by atoms with E-state index in [2.05, 4.69) is 26.6 Å². The molecule has 0 spiro atoms. The lowest BCUT2D eigenvalue weighted by Gasteiger charge is -2.24. The van der Waals surface area contributed by atoms with Crippen molar-refractivity contribution >= 4 is 35.4 Å². The van der Waals surface area contributed by atoms with Crippen molar-refractivity contribution in [3.63, 3.8) is 0 Å². The molecule has 0 aliphatic rings. The maximum atomic E-state index is 13.8. The smallest absolute Gasteiger partial charge is 0.239 e. The van der Waals surface area contributed by atoms with Gasteiger partial charge in [0.1, 0.15) is 26.2 Å². The van der Waals surface area contributed by atoms with Gasteiger partial charge in [0.15, 0.2) is 0 Å². The van der Waals surface area contributed by atoms with E-state index in [1.54, 1.807) is 0 Å². The molecule has 0 unspecified atom stereocenters. The molecule has 0 aliphatic carbocycles. The van der Waals surface area contributed by atoms with E-state index in [4.69, 9.17) is 75.8 Å². The van der Waals surface area contributed by atoms with Crippen LogP contribution in [0.1, 0.15) is 22.3 Å². The number of hydrogen-bond acceptors (Lipinski definition) is 23. The Morgan fingerprint density at radius 1 is 0.228 bits per heavy atom. The average molecular weight is 1420 g/mol. The predicted octanol–water partition coefficient (Wildman–Crippen LogP) is 1.76. The monoisotopic (exact) mass is 1420 g/mol. The molecule has 0 saturated heterocycles. The molecule has 0 atom stereocenters. The topological polar surface area (TPSA) is 317 Å². The summed E-state index contributed by atoms with van der Waals surface area (Å²) in [6.45, 7) is 8.69. The number of hydrogen-bond donors (Lipinski definition) is 5. The highest BCUT2D eigenvalue weighted by Crippen LogP contribution is 2.04. The lowest BCUT2D eigenvalue weighted by atomic mass is 10.2. The Morgan fingerprint density at radius 2 is 0.396 bits per heavy atom. The molecule has 4 aromatic rings. The molecule has 101 heavy (non-hydrogen) atoms. The van der Waals surface area contributed by atoms with Gasteiger partial charge in [-0.1, -0.05) is 121 Å². The van der Waals surface area contributed by atoms with Gasteiger partial charge in [-0.15, -0.1) is 0 Å². The fourth-order valence-corrected chi connectivity index (χ4v) is 8.63. The molecule has 4 rings (SSSR count). The summed E-state index contributed by atoms with van der Waals surface area (Å²) in [6.07, 6.45) is 0. The van der Waals surface area contributed by atoms with E-state index in [9.17, 15) is 28.8 Å². The number of carbonyl (C=O) groups excluding carboxylic acids is 6. The Morgan fingerprint density at radius 3 is 0.584 bits per heavy atom. The number of nitrogens with zero attached hydrogens (tertiary/aromatic N) is 2. The SMILES string of the molecule is O=C(CN(CC(=O)NCCOCCOCCOCCOCc1ccccc1)C(=O)CNCC(=O)N(CC(=O)NCCOCCOCCOCCOCc1ccccc1)CC(=O)NCCOCCOCCOCCOCc1ccccc1)NCCOCCOCCOCCOCc1ccccc1. The van der Waals surface area contributed by atoms with Gasteiger partial charge in [0.05, 0.1) is 225 Å². The van der Waals surface area contributed by atoms with E-state index >= 15 is 0 Å². The number of rotatable bonds is 68. The molecule has 0 heterocycles. The number of ether oxygens (including phenoxy) is 16. The molecule has 6 amide bonds. The second kappa shape index (κ2) is 62.8. The summed E-state index contributed by atoms with van der Waals surface area (Å²) in [5, 5.41) is 13.5. The number of nitrogens with one attached hydrogen (secondary N) is 5. The maximum absolute atomic E-state index is 13.8. The zero-order chi connectivity index (χ0) is 71.6. The van der Waals surface area contributed by atoms with Crippen molar-refractivity contribution in [3.05, 3.63) is 144 Å². The summed E-state index contributed by atoms with van der Waals surface area (Å²) in [6, 6.07) is 39.5. The molecule has 0 radical (unpaired) electrons. The fraction of sp³-hybridized carbons (Fsp3) is 0.583. The number of benzene rings is 4. The van der Waals surface area contributed by atoms with Gasteiger partial charge in [-0.2, -0.15) is 0 Å². The van der Waals surface area contributed by atoms with Crippen molar-refractivity contribution in [1.82, 2.24) is 36.4 Å². The summed E-state index contributed by atoms with van der Waals surface area (Å²) in [7, 11) is 0. The van der Waals surface area contributed by atoms with Crippen LogP contribution in [0.15, 0.2) is 121 Å². The van der Waals surface area contributed by atoms with Crippen LogP contribution in [0.5, 0.6) is 0 Å². The van der Waals surface area contributed by atoms with Crippen LogP contribution >= 0.6 is 0 Å². The fourth-order valence-electron chi connectivity index (χ4n) is 8.63. The predicted molar refractivity (Wildman–Crippen MR) is 372 cm³/mol. The first-order valence-corrected chi connectivity index (χ1v) is 34.5. The highest BCUT2D eigenvalue weighted by molar-refractivity contribution is 5.91. The quantitative estimate of drug-likeness (QED) is 0.0393. The normalized spacial score (nSPS) is 11.2. The molecule has 0 fully saturated rings. The van der Waals surface area contributed by atoms with Crippen molar-refractivity contribution in [3.8, 4) is 0 Å². The minimum absolute atomic E-state index is 0.0966. The van der Waals surface area contributed by atoms with Gasteiger partial charge in [-0.25, -0.2) is 0 Å². The zero-order valence-electron chi connectivity index (χ0n) is 58.6. The first-order valence-electron chi connectivity index (χ1n) is 34.5. The largest absolute Gasteiger partial charge is 0.377 e. The van der Waals surface area contributed by atoms with Crippen LogP contribution in [0.25, 0.3) is 0 Å². The van der Waals surface area contributed by atoms with Crippen molar-refractivity contribution < 1.29 is 105 Å². The summed E-state index contributed by atoms with van der Waals surface area (Å²) in [5.74, 6) is -3.69. The summed E-state index contributed by atoms with van der Waals surface area (Å²) in [4.78, 5) is 82.5. The molecule has 29 nitrogen and oxygen atoms in total. The molecular formula is C72H109N7O22. The van der Waals surface area contributed by atoms with Crippen LogP contribution in [0, 0.1) is 0 Å². The first kappa shape index (κ1) is 86.4. The average Bonchev–Trinajstić information content (AvgIpc) is 1.02. The van der Waals surface area contributed by atoms with E-state index in [0.29, 0.717) is 159 Å². The number of carbonyl (C=O) groups is 6. The van der Waals surface area contributed by atoms with Crippen LogP contribution in [0.4, 0.5) is 0 Å². The van der Waals surface area contributed by atoms with Crippen molar-refractivity contribution in [1.29, 1.82) is 0 Å². The van der Waals surface area contributed by atoms with Crippen LogP contribution in [0.2, 0.25) is 0 Å². The Bertz CT molecular complexity index is 2330. The van der Waals surface area contributed by atoms with Crippen LogP contribution in [0.3, 0.4) is 0 Å². The standard InChI is InChI=1S/C72H109N7O22/c80-67(74-21-25-86-29-33-90-37-41-94-45-49-98-59-63-13-5-1-6-14-63)55-78(56-68(81)75-22-26-87-30-34-91-38-42-95-46-50-99-60-64-15-7-2-8-16-64)71(84)53-73-54-72(85)79(57-69(82)76-23-27-88-31-35-92-39-43-96-47-51-100-61-65-17-9-3-10-18-65)58-70(83)77-24-28-89-32-36-93-40-44-97-48-52-101-62-66-19-11-4-12-20-66/h1-20,73H,21-62H2,(H,74,80)(H,75,81)(H,76,82)(H,77,83). The highest BCUT2D eigenvalue weighted by atomic mass is 16.6. The third-order valence-corrected chi connectivity index (χ3v) is 13.8. The van der Waals surface area contributed by atoms with Crippen molar-refractivity contribution in [2.24, 2.45) is 0 Å². The lowest BCUT2D eigenvalue weighted by molar-refractivity contribution is -0.140. The zero-order valence-corrected chi connectivity index (χ0v) is 58.6. The summed E-state index contributed by atoms with van der Waals surface area (Å²) >= 11 is 0. The van der Waals surface area contributed by atoms with Gasteiger partial charge >= 0.3 is 0 Å². The van der Waals surface area contributed by atoms with E-state index < -0.39 is 74.7 Å². The van der Waals surface area contributed by atoms with E-state index in [0.717, 1.165) is 32.1 Å². The molecule has 0 aliphatic heterocycles. The van der Waals surface area contributed by atoms with Gasteiger partial charge in [-0.05, 0) is 22.3 Å². The van der Waals surface area contributed by atoms with E-state index in [1.807, 2.05) is 121 Å². The molecule has 0 aromatic heterocycles. The molecule has 0 bridgehead atoms. The van der Waals surface area contributed by atoms with Crippen molar-refractivity contribution in [2.45, 2.75) is 26.4 Å². The van der Waals surface area contributed by atoms with Gasteiger partial charge < -0.3 is 107 Å². The van der Waals surface area contributed by atoms with Crippen molar-refractivity contribution in [2.75, 3.05) is 250 Å². The summed E-state index contributed by atoms with van der Waals surface area (Å²) < 4.78 is 89.3. The van der Waals surface area contributed by atoms with Crippen LogP contribution in [-0.4, -0.2) is 296 Å². The molecule has 29 heteroatoms. The highest BCUT2D eigenvalue weighted by Gasteiger charge is 2.23. The van der Waals surface area contributed by atoms with Gasteiger partial charge in [0.25, 0.3) is 0 Å². The Kier molecular flexibility index (Phi) is 53.7. The van der Waals surface area contributed by atoms with Gasteiger partial charge in [0, 0.05) is 26.2 Å². The molecule has 0 saturated carbocycles. The van der Waals surface area contributed by atoms with E-state index in [-0.39, 0.29) is 79.0 Å². The first-order chi connectivity index (χ1) is 49.7. The van der Waals surface area contributed by atoms with Crippen LogP contribution in [-0.2, 0) is 131 Å². The van der Waals surface area contributed by atoms with Gasteiger partial charge in [-0.3, -0.25) is 34.1 Å². The third-order valence-electron chi connectivity index (χ3n) is 13.8. The van der Waals surface area contributed by atoms with Gasteiger partial charge in [0.2, 0.25) is 35.4 Å². The van der Waals surface area contributed by atoms with E-state index in [1.165, 1.54) is 0 Å². The molecule has 5 N–H and O–H groups in total. The Hall–Kier alpha value is -6.98. The summed E-state index contributed by atoms with van der Waals surface area (Å²) in [5.41, 5.74) is 4.35. The third kappa shape index (κ3) is 50.9. The second-order valence-electron chi connectivity index (χ2n) is 22.0. The maximum Gasteiger partial charge on any atom is 0.239 e. The lowest BCUT2D eigenvalue weighted by Crippen LogP contribution is -2.51. The second-order valence-corrected chi connectivity index (χ2v) is 22.0. The molecular weight excluding hydrogens is 1310 g/mol. The Balaban J connectivity index is 1.17. The Labute approximate surface area is 594 Å². The van der Waals surface area contributed by atoms with Crippen LogP contribution < -0.4 is 26.6 Å². The minimum atomic E-state index is -0.697. The molecule has 564 valence electrons. The number of amides is 6. The molecule has 4 aromatic carbocycles. The minimum Gasteiger partial charge on any atom is -0.377 e.